The van der Waals surface area contributed by atoms with Crippen LogP contribution in [0.5, 0.6) is 0 Å². The molecule has 0 N–H and O–H groups in total. The van der Waals surface area contributed by atoms with Crippen LogP contribution in [0.1, 0.15) is 52.3 Å². The van der Waals surface area contributed by atoms with Gasteiger partial charge in [0, 0.05) is 38.0 Å². The van der Waals surface area contributed by atoms with E-state index < -0.39 is 0 Å². The first kappa shape index (κ1) is 18.1. The zero-order valence-corrected chi connectivity index (χ0v) is 16.1. The van der Waals surface area contributed by atoms with Crippen molar-refractivity contribution in [3.05, 3.63) is 28.9 Å². The summed E-state index contributed by atoms with van der Waals surface area (Å²) in [4.78, 5) is 16.8. The summed E-state index contributed by atoms with van der Waals surface area (Å²) >= 11 is 0. The molecule has 27 heavy (non-hydrogen) atoms. The second kappa shape index (κ2) is 7.40. The van der Waals surface area contributed by atoms with Crippen molar-refractivity contribution in [1.29, 1.82) is 0 Å². The van der Waals surface area contributed by atoms with Gasteiger partial charge in [-0.15, -0.1) is 5.10 Å². The third kappa shape index (κ3) is 3.89. The molecule has 0 spiro atoms. The van der Waals surface area contributed by atoms with E-state index in [1.54, 1.807) is 15.6 Å². The van der Waals surface area contributed by atoms with E-state index in [0.717, 1.165) is 36.5 Å². The number of carbonyl (C=O) groups excluding carboxylic acids is 1. The SMILES string of the molecule is CN(C)CCOCC1CN(C(=O)c2cc(C3CC3)on2)Cc2nnn(C)c21. The summed E-state index contributed by atoms with van der Waals surface area (Å²) in [5, 5.41) is 12.4. The predicted octanol–water partition coefficient (Wildman–Crippen LogP) is 0.998. The average molecular weight is 374 g/mol. The van der Waals surface area contributed by atoms with Gasteiger partial charge in [-0.05, 0) is 26.9 Å². The molecule has 0 radical (unpaired) electrons. The molecule has 1 aliphatic heterocycles. The van der Waals surface area contributed by atoms with Gasteiger partial charge in [0.2, 0.25) is 0 Å². The van der Waals surface area contributed by atoms with Crippen molar-refractivity contribution in [2.75, 3.05) is 40.4 Å². The summed E-state index contributed by atoms with van der Waals surface area (Å²) in [6.07, 6.45) is 2.23. The lowest BCUT2D eigenvalue weighted by molar-refractivity contribution is 0.0605. The van der Waals surface area contributed by atoms with Crippen LogP contribution in [0.25, 0.3) is 0 Å². The first-order chi connectivity index (χ1) is 13.0. The van der Waals surface area contributed by atoms with E-state index in [4.69, 9.17) is 9.26 Å². The highest BCUT2D eigenvalue weighted by Crippen LogP contribution is 2.40. The fourth-order valence-electron chi connectivity index (χ4n) is 3.49. The molecule has 1 aliphatic carbocycles. The summed E-state index contributed by atoms with van der Waals surface area (Å²) in [5.41, 5.74) is 2.24. The maximum atomic E-state index is 12.9. The summed E-state index contributed by atoms with van der Waals surface area (Å²) < 4.78 is 13.0. The quantitative estimate of drug-likeness (QED) is 0.668. The molecule has 1 saturated carbocycles. The summed E-state index contributed by atoms with van der Waals surface area (Å²) in [7, 11) is 5.92. The number of hydrogen-bond acceptors (Lipinski definition) is 7. The second-order valence-electron chi connectivity index (χ2n) is 7.69. The zero-order valence-electron chi connectivity index (χ0n) is 16.1. The Morgan fingerprint density at radius 2 is 2.22 bits per heavy atom. The lowest BCUT2D eigenvalue weighted by Gasteiger charge is -2.31. The molecule has 0 bridgehead atoms. The molecule has 2 aromatic heterocycles. The predicted molar refractivity (Wildman–Crippen MR) is 96.3 cm³/mol. The van der Waals surface area contributed by atoms with E-state index in [9.17, 15) is 4.79 Å². The van der Waals surface area contributed by atoms with Crippen molar-refractivity contribution in [2.45, 2.75) is 31.2 Å². The zero-order chi connectivity index (χ0) is 19.0. The molecule has 146 valence electrons. The van der Waals surface area contributed by atoms with Crippen LogP contribution in [0.3, 0.4) is 0 Å². The molecule has 3 heterocycles. The minimum atomic E-state index is -0.125. The fraction of sp³-hybridized carbons (Fsp3) is 0.667. The molecular weight excluding hydrogens is 348 g/mol. The third-order valence-electron chi connectivity index (χ3n) is 5.13. The van der Waals surface area contributed by atoms with Gasteiger partial charge < -0.3 is 19.1 Å². The number of hydrogen-bond donors (Lipinski definition) is 0. The number of rotatable bonds is 7. The summed E-state index contributed by atoms with van der Waals surface area (Å²) in [6.45, 7) is 3.02. The number of aryl methyl sites for hydroxylation is 1. The standard InChI is InChI=1S/C18H26N6O3/c1-22(2)6-7-26-11-13-9-24(10-15-17(13)23(3)21-19-15)18(25)14-8-16(27-20-14)12-4-5-12/h8,12-13H,4-7,9-11H2,1-3H3. The number of aromatic nitrogens is 4. The van der Waals surface area contributed by atoms with Crippen LogP contribution in [0, 0.1) is 0 Å². The summed E-state index contributed by atoms with van der Waals surface area (Å²) in [5.74, 6) is 1.17. The minimum Gasteiger partial charge on any atom is -0.379 e. The molecule has 2 aliphatic rings. The van der Waals surface area contributed by atoms with Gasteiger partial charge in [0.1, 0.15) is 11.5 Å². The fourth-order valence-corrected chi connectivity index (χ4v) is 3.49. The highest BCUT2D eigenvalue weighted by Gasteiger charge is 2.35. The smallest absolute Gasteiger partial charge is 0.276 e. The average Bonchev–Trinajstić information content (AvgIpc) is 3.26. The van der Waals surface area contributed by atoms with Crippen molar-refractivity contribution in [3.63, 3.8) is 0 Å². The van der Waals surface area contributed by atoms with Crippen LogP contribution < -0.4 is 0 Å². The molecule has 9 nitrogen and oxygen atoms in total. The van der Waals surface area contributed by atoms with E-state index in [1.165, 1.54) is 0 Å². The Kier molecular flexibility index (Phi) is 4.96. The molecule has 1 atom stereocenters. The van der Waals surface area contributed by atoms with Gasteiger partial charge in [-0.25, -0.2) is 0 Å². The normalized spacial score (nSPS) is 19.6. The molecule has 2 aromatic rings. The molecule has 1 amide bonds. The Morgan fingerprint density at radius 1 is 1.41 bits per heavy atom. The van der Waals surface area contributed by atoms with Crippen LogP contribution in [0.4, 0.5) is 0 Å². The van der Waals surface area contributed by atoms with Crippen molar-refractivity contribution in [1.82, 2.24) is 30.0 Å². The number of fused-ring (bicyclic) bond motifs is 1. The number of amides is 1. The Hall–Kier alpha value is -2.26. The number of likely N-dealkylation sites (N-methyl/N-ethyl adjacent to an activating group) is 1. The van der Waals surface area contributed by atoms with E-state index in [2.05, 4.69) is 20.4 Å². The first-order valence-corrected chi connectivity index (χ1v) is 9.39. The van der Waals surface area contributed by atoms with E-state index in [1.807, 2.05) is 21.1 Å². The molecule has 0 aromatic carbocycles. The number of nitrogens with zero attached hydrogens (tertiary/aromatic N) is 6. The van der Waals surface area contributed by atoms with Gasteiger partial charge in [-0.3, -0.25) is 9.48 Å². The Morgan fingerprint density at radius 3 is 2.96 bits per heavy atom. The highest BCUT2D eigenvalue weighted by molar-refractivity contribution is 5.92. The molecule has 4 rings (SSSR count). The summed E-state index contributed by atoms with van der Waals surface area (Å²) in [6, 6.07) is 1.79. The molecule has 9 heteroatoms. The number of carbonyl (C=O) groups is 1. The molecule has 0 saturated heterocycles. The van der Waals surface area contributed by atoms with E-state index in [0.29, 0.717) is 37.9 Å². The Bertz CT molecular complexity index is 810. The van der Waals surface area contributed by atoms with Crippen LogP contribution in [-0.2, 0) is 18.3 Å². The number of ether oxygens (including phenoxy) is 1. The third-order valence-corrected chi connectivity index (χ3v) is 5.13. The Balaban J connectivity index is 1.46. The van der Waals surface area contributed by atoms with Crippen LogP contribution in [0.2, 0.25) is 0 Å². The van der Waals surface area contributed by atoms with Crippen LogP contribution >= 0.6 is 0 Å². The van der Waals surface area contributed by atoms with Gasteiger partial charge in [0.15, 0.2) is 5.69 Å². The largest absolute Gasteiger partial charge is 0.379 e. The van der Waals surface area contributed by atoms with Crippen molar-refractivity contribution in [3.8, 4) is 0 Å². The van der Waals surface area contributed by atoms with Crippen molar-refractivity contribution < 1.29 is 14.1 Å². The Labute approximate surface area is 158 Å². The van der Waals surface area contributed by atoms with Gasteiger partial charge in [0.25, 0.3) is 5.91 Å². The molecular formula is C18H26N6O3. The molecule has 1 unspecified atom stereocenters. The van der Waals surface area contributed by atoms with E-state index in [-0.39, 0.29) is 11.8 Å². The van der Waals surface area contributed by atoms with Gasteiger partial charge in [-0.1, -0.05) is 10.4 Å². The lowest BCUT2D eigenvalue weighted by Crippen LogP contribution is -2.40. The van der Waals surface area contributed by atoms with Crippen LogP contribution in [0.15, 0.2) is 10.6 Å². The van der Waals surface area contributed by atoms with Gasteiger partial charge >= 0.3 is 0 Å². The maximum Gasteiger partial charge on any atom is 0.276 e. The lowest BCUT2D eigenvalue weighted by atomic mass is 9.98. The van der Waals surface area contributed by atoms with Crippen molar-refractivity contribution >= 4 is 5.91 Å². The van der Waals surface area contributed by atoms with Crippen LogP contribution in [-0.4, -0.2) is 76.3 Å². The van der Waals surface area contributed by atoms with E-state index >= 15 is 0 Å². The minimum absolute atomic E-state index is 0.0367. The van der Waals surface area contributed by atoms with Crippen molar-refractivity contribution in [2.24, 2.45) is 7.05 Å². The maximum absolute atomic E-state index is 12.9. The second-order valence-corrected chi connectivity index (χ2v) is 7.69. The van der Waals surface area contributed by atoms with Gasteiger partial charge in [0.05, 0.1) is 25.5 Å². The highest BCUT2D eigenvalue weighted by atomic mass is 16.5. The topological polar surface area (TPSA) is 89.5 Å². The molecule has 1 fully saturated rings. The van der Waals surface area contributed by atoms with Gasteiger partial charge in [-0.2, -0.15) is 0 Å². The first-order valence-electron chi connectivity index (χ1n) is 9.39. The monoisotopic (exact) mass is 374 g/mol.